The first-order chi connectivity index (χ1) is 11.2. The Labute approximate surface area is 134 Å². The van der Waals surface area contributed by atoms with Gasteiger partial charge in [0.1, 0.15) is 12.1 Å². The fraction of sp³-hybridized carbons (Fsp3) is 0.400. The predicted molar refractivity (Wildman–Crippen MR) is 77.5 cm³/mol. The van der Waals surface area contributed by atoms with Crippen molar-refractivity contribution in [3.63, 3.8) is 0 Å². The summed E-state index contributed by atoms with van der Waals surface area (Å²) in [6.45, 7) is -0.642. The lowest BCUT2D eigenvalue weighted by atomic mass is 9.88. The Hall–Kier alpha value is -2.58. The molecule has 0 radical (unpaired) electrons. The van der Waals surface area contributed by atoms with Gasteiger partial charge in [-0.2, -0.15) is 13.2 Å². The fourth-order valence-electron chi connectivity index (χ4n) is 2.56. The summed E-state index contributed by atoms with van der Waals surface area (Å²) < 4.78 is 39.8. The molecule has 0 bridgehead atoms. The van der Waals surface area contributed by atoms with E-state index in [1.165, 1.54) is 18.3 Å². The number of amides is 1. The van der Waals surface area contributed by atoms with Crippen LogP contribution in [0.15, 0.2) is 35.3 Å². The third-order valence-corrected chi connectivity index (χ3v) is 3.74. The van der Waals surface area contributed by atoms with Crippen molar-refractivity contribution in [3.05, 3.63) is 46.4 Å². The number of nitrogens with zero attached hydrogens (tertiary/aromatic N) is 1. The second-order valence-corrected chi connectivity index (χ2v) is 5.42. The Morgan fingerprint density at radius 1 is 1.29 bits per heavy atom. The maximum Gasteiger partial charge on any atom is 0.394 e. The zero-order chi connectivity index (χ0) is 17.9. The van der Waals surface area contributed by atoms with Crippen LogP contribution in [0, 0.1) is 5.92 Å². The summed E-state index contributed by atoms with van der Waals surface area (Å²) in [5.74, 6) is -3.95. The van der Waals surface area contributed by atoms with E-state index in [0.29, 0.717) is 0 Å². The highest BCUT2D eigenvalue weighted by Gasteiger charge is 2.45. The molecule has 24 heavy (non-hydrogen) atoms. The normalized spacial score (nSPS) is 20.6. The molecule has 0 saturated carbocycles. The highest BCUT2D eigenvalue weighted by molar-refractivity contribution is 5.94. The summed E-state index contributed by atoms with van der Waals surface area (Å²) in [7, 11) is 0. The lowest BCUT2D eigenvalue weighted by Gasteiger charge is -2.30. The number of hydrogen-bond donors (Lipinski definition) is 2. The van der Waals surface area contributed by atoms with E-state index in [9.17, 15) is 27.6 Å². The number of allylic oxidation sites excluding steroid dienone is 1. The smallest absolute Gasteiger partial charge is 0.394 e. The number of carboxylic acid groups (broad SMARTS) is 1. The summed E-state index contributed by atoms with van der Waals surface area (Å²) in [5, 5.41) is 11.0. The number of aromatic nitrogens is 1. The topological polar surface area (TPSA) is 88.4 Å². The zero-order valence-corrected chi connectivity index (χ0v) is 12.4. The molecule has 1 amide bonds. The van der Waals surface area contributed by atoms with E-state index in [1.807, 2.05) is 0 Å². The van der Waals surface area contributed by atoms with E-state index >= 15 is 0 Å². The van der Waals surface area contributed by atoms with Gasteiger partial charge in [0.2, 0.25) is 0 Å². The van der Waals surface area contributed by atoms with Crippen LogP contribution < -0.4 is 10.9 Å². The van der Waals surface area contributed by atoms with Crippen LogP contribution in [-0.2, 0) is 11.3 Å². The number of carbonyl (C=O) groups excluding carboxylic acids is 1. The summed E-state index contributed by atoms with van der Waals surface area (Å²) >= 11 is 0. The molecule has 0 fully saturated rings. The summed E-state index contributed by atoms with van der Waals surface area (Å²) in [5.41, 5.74) is -1.26. The molecule has 2 rings (SSSR count). The van der Waals surface area contributed by atoms with Crippen LogP contribution in [0.4, 0.5) is 13.2 Å². The number of carboxylic acids is 1. The first-order valence-corrected chi connectivity index (χ1v) is 7.14. The molecule has 130 valence electrons. The number of hydrogen-bond acceptors (Lipinski definition) is 3. The van der Waals surface area contributed by atoms with Gasteiger partial charge in [0.25, 0.3) is 11.5 Å². The van der Waals surface area contributed by atoms with Crippen LogP contribution in [0.25, 0.3) is 0 Å². The highest BCUT2D eigenvalue weighted by atomic mass is 19.4. The minimum atomic E-state index is -4.47. The third-order valence-electron chi connectivity index (χ3n) is 3.74. The van der Waals surface area contributed by atoms with Gasteiger partial charge >= 0.3 is 12.1 Å². The number of halogens is 3. The Bertz CT molecular complexity index is 724. The van der Waals surface area contributed by atoms with Crippen molar-refractivity contribution < 1.29 is 27.9 Å². The largest absolute Gasteiger partial charge is 0.480 e. The van der Waals surface area contributed by atoms with Gasteiger partial charge in [-0.15, -0.1) is 0 Å². The Morgan fingerprint density at radius 3 is 2.58 bits per heavy atom. The average Bonchev–Trinajstić information content (AvgIpc) is 2.48. The van der Waals surface area contributed by atoms with Gasteiger partial charge in [0.05, 0.1) is 5.92 Å². The summed E-state index contributed by atoms with van der Waals surface area (Å²) in [4.78, 5) is 34.9. The van der Waals surface area contributed by atoms with Gasteiger partial charge in [0.15, 0.2) is 0 Å². The standard InChI is InChI=1S/C15H15F3N2O4/c16-15(17,18)10-5-1-2-6-11(10)19-13(23)9-4-3-7-20(14(9)24)8-12(21)22/h1-4,7,10-11H,5-6,8H2,(H,19,23)(H,21,22)/t10-,11-/m1/s1. The molecular weight excluding hydrogens is 329 g/mol. The van der Waals surface area contributed by atoms with Crippen molar-refractivity contribution in [2.75, 3.05) is 0 Å². The molecular formula is C15H15F3N2O4. The van der Waals surface area contributed by atoms with E-state index in [-0.39, 0.29) is 12.8 Å². The molecule has 1 aromatic rings. The number of aliphatic carboxylic acids is 1. The van der Waals surface area contributed by atoms with Gasteiger partial charge in [-0.05, 0) is 25.0 Å². The van der Waals surface area contributed by atoms with Crippen LogP contribution in [0.5, 0.6) is 0 Å². The third kappa shape index (κ3) is 4.03. The fourth-order valence-corrected chi connectivity index (χ4v) is 2.56. The summed E-state index contributed by atoms with van der Waals surface area (Å²) in [6, 6.07) is 1.27. The lowest BCUT2D eigenvalue weighted by molar-refractivity contribution is -0.181. The monoisotopic (exact) mass is 344 g/mol. The molecule has 0 saturated heterocycles. The molecule has 1 aromatic heterocycles. The number of alkyl halides is 3. The Morgan fingerprint density at radius 2 is 1.96 bits per heavy atom. The van der Waals surface area contributed by atoms with Gasteiger partial charge < -0.3 is 15.0 Å². The molecule has 1 aliphatic carbocycles. The second-order valence-electron chi connectivity index (χ2n) is 5.42. The van der Waals surface area contributed by atoms with E-state index < -0.39 is 47.7 Å². The first kappa shape index (κ1) is 17.8. The van der Waals surface area contributed by atoms with Crippen LogP contribution in [0.1, 0.15) is 23.2 Å². The predicted octanol–water partition coefficient (Wildman–Crippen LogP) is 1.56. The molecule has 6 nitrogen and oxygen atoms in total. The molecule has 0 aliphatic heterocycles. The van der Waals surface area contributed by atoms with Crippen LogP contribution in [0.2, 0.25) is 0 Å². The maximum absolute atomic E-state index is 13.0. The minimum Gasteiger partial charge on any atom is -0.480 e. The Kier molecular flexibility index (Phi) is 5.10. The highest BCUT2D eigenvalue weighted by Crippen LogP contribution is 2.35. The van der Waals surface area contributed by atoms with Crippen molar-refractivity contribution in [1.29, 1.82) is 0 Å². The number of nitrogens with one attached hydrogen (secondary N) is 1. The lowest BCUT2D eigenvalue weighted by Crippen LogP contribution is -2.48. The quantitative estimate of drug-likeness (QED) is 0.812. The van der Waals surface area contributed by atoms with E-state index in [2.05, 4.69) is 5.32 Å². The van der Waals surface area contributed by atoms with Gasteiger partial charge in [-0.25, -0.2) is 0 Å². The van der Waals surface area contributed by atoms with Crippen LogP contribution >= 0.6 is 0 Å². The van der Waals surface area contributed by atoms with E-state index in [4.69, 9.17) is 5.11 Å². The van der Waals surface area contributed by atoms with E-state index in [1.54, 1.807) is 6.08 Å². The zero-order valence-electron chi connectivity index (χ0n) is 12.4. The molecule has 1 aliphatic rings. The molecule has 9 heteroatoms. The van der Waals surface area contributed by atoms with Gasteiger partial charge in [0, 0.05) is 12.2 Å². The molecule has 1 heterocycles. The minimum absolute atomic E-state index is 0.00602. The number of rotatable bonds is 4. The van der Waals surface area contributed by atoms with Crippen molar-refractivity contribution in [2.45, 2.75) is 31.6 Å². The van der Waals surface area contributed by atoms with Crippen molar-refractivity contribution in [3.8, 4) is 0 Å². The van der Waals surface area contributed by atoms with Gasteiger partial charge in [-0.1, -0.05) is 12.2 Å². The van der Waals surface area contributed by atoms with Crippen LogP contribution in [-0.4, -0.2) is 33.8 Å². The molecule has 2 N–H and O–H groups in total. The van der Waals surface area contributed by atoms with Crippen molar-refractivity contribution in [2.24, 2.45) is 5.92 Å². The van der Waals surface area contributed by atoms with Crippen molar-refractivity contribution >= 4 is 11.9 Å². The second kappa shape index (κ2) is 6.90. The molecule has 0 aromatic carbocycles. The number of pyridine rings is 1. The molecule has 2 atom stereocenters. The maximum atomic E-state index is 13.0. The molecule has 0 spiro atoms. The Balaban J connectivity index is 2.22. The average molecular weight is 344 g/mol. The summed E-state index contributed by atoms with van der Waals surface area (Å²) in [6.07, 6.45) is -0.569. The number of carbonyl (C=O) groups is 2. The molecule has 0 unspecified atom stereocenters. The van der Waals surface area contributed by atoms with E-state index in [0.717, 1.165) is 10.6 Å². The van der Waals surface area contributed by atoms with Gasteiger partial charge in [-0.3, -0.25) is 14.4 Å². The van der Waals surface area contributed by atoms with Crippen molar-refractivity contribution in [1.82, 2.24) is 9.88 Å². The SMILES string of the molecule is O=C(O)Cn1cccc(C(=O)N[C@@H]2CC=CC[C@H]2C(F)(F)F)c1=O. The van der Waals surface area contributed by atoms with Crippen LogP contribution in [0.3, 0.4) is 0 Å². The first-order valence-electron chi connectivity index (χ1n) is 7.14.